The SMILES string of the molecule is CCS(=O)(=O)c1cccc(C(=O)N(CCN2CCOCC2)c2nc3c(Cl)cccc3s2)c1. The third-order valence-corrected chi connectivity index (χ3v) is 8.48. The zero-order valence-electron chi connectivity index (χ0n) is 17.7. The molecule has 0 radical (unpaired) electrons. The van der Waals surface area contributed by atoms with Crippen LogP contribution in [0.5, 0.6) is 0 Å². The molecule has 0 saturated carbocycles. The first-order valence-corrected chi connectivity index (χ1v) is 13.2. The lowest BCUT2D eigenvalue weighted by molar-refractivity contribution is 0.0391. The molecule has 1 saturated heterocycles. The summed E-state index contributed by atoms with van der Waals surface area (Å²) in [5, 5.41) is 1.07. The molecule has 3 aromatic rings. The van der Waals surface area contributed by atoms with Crippen LogP contribution >= 0.6 is 22.9 Å². The Morgan fingerprint density at radius 2 is 1.97 bits per heavy atom. The second-order valence-corrected chi connectivity index (χ2v) is 11.1. The summed E-state index contributed by atoms with van der Waals surface area (Å²) in [6.07, 6.45) is 0. The molecule has 4 rings (SSSR count). The molecule has 1 amide bonds. The van der Waals surface area contributed by atoms with Crippen molar-refractivity contribution in [3.63, 3.8) is 0 Å². The summed E-state index contributed by atoms with van der Waals surface area (Å²) in [6, 6.07) is 11.7. The van der Waals surface area contributed by atoms with E-state index in [-0.39, 0.29) is 16.6 Å². The van der Waals surface area contributed by atoms with Crippen molar-refractivity contribution in [3.05, 3.63) is 53.1 Å². The van der Waals surface area contributed by atoms with Crippen LogP contribution in [0.1, 0.15) is 17.3 Å². The van der Waals surface area contributed by atoms with Crippen LogP contribution in [0.4, 0.5) is 5.13 Å². The number of sulfone groups is 1. The minimum absolute atomic E-state index is 0.0260. The van der Waals surface area contributed by atoms with Gasteiger partial charge in [-0.25, -0.2) is 13.4 Å². The van der Waals surface area contributed by atoms with Gasteiger partial charge in [-0.2, -0.15) is 0 Å². The lowest BCUT2D eigenvalue weighted by Gasteiger charge is -2.29. The van der Waals surface area contributed by atoms with Gasteiger partial charge in [0, 0.05) is 31.7 Å². The summed E-state index contributed by atoms with van der Waals surface area (Å²) in [5.74, 6) is -0.316. The molecule has 7 nitrogen and oxygen atoms in total. The number of carbonyl (C=O) groups excluding carboxylic acids is 1. The van der Waals surface area contributed by atoms with Crippen LogP contribution in [0.25, 0.3) is 10.2 Å². The van der Waals surface area contributed by atoms with Crippen molar-refractivity contribution in [1.82, 2.24) is 9.88 Å². The highest BCUT2D eigenvalue weighted by Crippen LogP contribution is 2.33. The third-order valence-electron chi connectivity index (χ3n) is 5.40. The number of aromatic nitrogens is 1. The molecule has 0 unspecified atom stereocenters. The molecule has 0 bridgehead atoms. The van der Waals surface area contributed by atoms with E-state index >= 15 is 0 Å². The van der Waals surface area contributed by atoms with Gasteiger partial charge in [0.05, 0.1) is 33.6 Å². The van der Waals surface area contributed by atoms with E-state index in [9.17, 15) is 13.2 Å². The number of hydrogen-bond acceptors (Lipinski definition) is 7. The summed E-state index contributed by atoms with van der Waals surface area (Å²) >= 11 is 7.70. The van der Waals surface area contributed by atoms with Crippen molar-refractivity contribution in [2.75, 3.05) is 50.0 Å². The molecule has 0 aliphatic carbocycles. The van der Waals surface area contributed by atoms with Gasteiger partial charge in [0.1, 0.15) is 5.52 Å². The maximum Gasteiger partial charge on any atom is 0.260 e. The summed E-state index contributed by atoms with van der Waals surface area (Å²) in [5.41, 5.74) is 0.965. The van der Waals surface area contributed by atoms with Gasteiger partial charge in [-0.3, -0.25) is 14.6 Å². The Bertz CT molecular complexity index is 1220. The molecule has 1 fully saturated rings. The van der Waals surface area contributed by atoms with Gasteiger partial charge in [0.15, 0.2) is 15.0 Å². The molecule has 2 aromatic carbocycles. The zero-order valence-corrected chi connectivity index (χ0v) is 20.0. The second-order valence-electron chi connectivity index (χ2n) is 7.43. The van der Waals surface area contributed by atoms with E-state index in [1.807, 2.05) is 12.1 Å². The Labute approximate surface area is 196 Å². The summed E-state index contributed by atoms with van der Waals surface area (Å²) in [4.78, 5) is 22.2. The van der Waals surface area contributed by atoms with Crippen molar-refractivity contribution in [2.45, 2.75) is 11.8 Å². The Balaban J connectivity index is 1.68. The number of anilines is 1. The molecule has 0 spiro atoms. The number of benzene rings is 2. The van der Waals surface area contributed by atoms with E-state index in [1.54, 1.807) is 30.0 Å². The van der Waals surface area contributed by atoms with Crippen molar-refractivity contribution < 1.29 is 17.9 Å². The lowest BCUT2D eigenvalue weighted by Crippen LogP contribution is -2.43. The maximum atomic E-state index is 13.6. The number of para-hydroxylation sites is 1. The van der Waals surface area contributed by atoms with Crippen LogP contribution in [0.2, 0.25) is 5.02 Å². The summed E-state index contributed by atoms with van der Waals surface area (Å²) < 4.78 is 31.0. The van der Waals surface area contributed by atoms with E-state index in [0.29, 0.717) is 47.5 Å². The molecular formula is C22H24ClN3O4S2. The van der Waals surface area contributed by atoms with Crippen molar-refractivity contribution in [1.29, 1.82) is 0 Å². The standard InChI is InChI=1S/C22H24ClN3O4S2/c1-2-32(28,29)17-6-3-5-16(15-17)21(27)26(10-9-25-11-13-30-14-12-25)22-24-20-18(23)7-4-8-19(20)31-22/h3-8,15H,2,9-14H2,1H3. The minimum atomic E-state index is -3.42. The first kappa shape index (κ1) is 23.1. The topological polar surface area (TPSA) is 79.8 Å². The van der Waals surface area contributed by atoms with Crippen LogP contribution in [0, 0.1) is 0 Å². The Hall–Kier alpha value is -2.04. The largest absolute Gasteiger partial charge is 0.379 e. The summed E-state index contributed by atoms with van der Waals surface area (Å²) in [6.45, 7) is 5.61. The zero-order chi connectivity index (χ0) is 22.7. The smallest absolute Gasteiger partial charge is 0.260 e. The van der Waals surface area contributed by atoms with Gasteiger partial charge in [0.2, 0.25) is 0 Å². The fourth-order valence-electron chi connectivity index (χ4n) is 3.51. The van der Waals surface area contributed by atoms with E-state index in [4.69, 9.17) is 16.3 Å². The molecule has 10 heteroatoms. The molecule has 1 aromatic heterocycles. The number of rotatable bonds is 7. The molecular weight excluding hydrogens is 470 g/mol. The average Bonchev–Trinajstić information content (AvgIpc) is 3.25. The lowest BCUT2D eigenvalue weighted by atomic mass is 10.2. The minimum Gasteiger partial charge on any atom is -0.379 e. The molecule has 32 heavy (non-hydrogen) atoms. The van der Waals surface area contributed by atoms with Gasteiger partial charge in [-0.1, -0.05) is 42.0 Å². The summed E-state index contributed by atoms with van der Waals surface area (Å²) in [7, 11) is -3.42. The van der Waals surface area contributed by atoms with E-state index < -0.39 is 9.84 Å². The molecule has 0 atom stereocenters. The van der Waals surface area contributed by atoms with Crippen LogP contribution in [0.15, 0.2) is 47.4 Å². The van der Waals surface area contributed by atoms with Crippen LogP contribution in [-0.2, 0) is 14.6 Å². The fourth-order valence-corrected chi connectivity index (χ4v) is 5.73. The Kier molecular flexibility index (Phi) is 7.11. The van der Waals surface area contributed by atoms with Crippen molar-refractivity contribution in [2.24, 2.45) is 0 Å². The highest BCUT2D eigenvalue weighted by molar-refractivity contribution is 7.91. The first-order valence-electron chi connectivity index (χ1n) is 10.4. The first-order chi connectivity index (χ1) is 15.4. The monoisotopic (exact) mass is 493 g/mol. The fraction of sp³-hybridized carbons (Fsp3) is 0.364. The third kappa shape index (κ3) is 4.97. The molecule has 2 heterocycles. The number of fused-ring (bicyclic) bond motifs is 1. The number of hydrogen-bond donors (Lipinski definition) is 0. The van der Waals surface area contributed by atoms with Crippen LogP contribution in [0.3, 0.4) is 0 Å². The molecule has 170 valence electrons. The van der Waals surface area contributed by atoms with Crippen LogP contribution < -0.4 is 4.90 Å². The van der Waals surface area contributed by atoms with E-state index in [1.165, 1.54) is 23.5 Å². The Morgan fingerprint density at radius 1 is 1.22 bits per heavy atom. The van der Waals surface area contributed by atoms with Gasteiger partial charge >= 0.3 is 0 Å². The van der Waals surface area contributed by atoms with Crippen molar-refractivity contribution >= 4 is 54.0 Å². The number of halogens is 1. The van der Waals surface area contributed by atoms with Gasteiger partial charge < -0.3 is 4.74 Å². The van der Waals surface area contributed by atoms with Gasteiger partial charge in [0.25, 0.3) is 5.91 Å². The number of morpholine rings is 1. The molecule has 1 aliphatic heterocycles. The number of carbonyl (C=O) groups is 1. The molecule has 1 aliphatic rings. The molecule has 0 N–H and O–H groups in total. The second kappa shape index (κ2) is 9.84. The maximum absolute atomic E-state index is 13.6. The number of amides is 1. The van der Waals surface area contributed by atoms with Crippen molar-refractivity contribution in [3.8, 4) is 0 Å². The highest BCUT2D eigenvalue weighted by Gasteiger charge is 2.24. The van der Waals surface area contributed by atoms with Gasteiger partial charge in [-0.15, -0.1) is 0 Å². The quantitative estimate of drug-likeness (QED) is 0.499. The predicted octanol–water partition coefficient (Wildman–Crippen LogP) is 3.72. The number of thiazole rings is 1. The van der Waals surface area contributed by atoms with E-state index in [2.05, 4.69) is 9.88 Å². The Morgan fingerprint density at radius 3 is 2.69 bits per heavy atom. The predicted molar refractivity (Wildman–Crippen MR) is 128 cm³/mol. The number of ether oxygens (including phenoxy) is 1. The normalized spacial score (nSPS) is 15.2. The van der Waals surface area contributed by atoms with Crippen LogP contribution in [-0.4, -0.2) is 69.4 Å². The van der Waals surface area contributed by atoms with E-state index in [0.717, 1.165) is 17.8 Å². The number of nitrogens with zero attached hydrogens (tertiary/aromatic N) is 3. The highest BCUT2D eigenvalue weighted by atomic mass is 35.5. The average molecular weight is 494 g/mol. The van der Waals surface area contributed by atoms with Gasteiger partial charge in [-0.05, 0) is 30.3 Å².